The maximum atomic E-state index is 12.2. The molecule has 2 rings (SSSR count). The Morgan fingerprint density at radius 2 is 1.48 bits per heavy atom. The zero-order chi connectivity index (χ0) is 20.0. The van der Waals surface area contributed by atoms with Crippen LogP contribution < -0.4 is 14.8 Å². The lowest BCUT2D eigenvalue weighted by Crippen LogP contribution is -2.21. The van der Waals surface area contributed by atoms with Gasteiger partial charge in [-0.05, 0) is 35.2 Å². The van der Waals surface area contributed by atoms with E-state index >= 15 is 0 Å². The number of hydrogen-bond donors (Lipinski definition) is 1. The molecule has 0 bridgehead atoms. The molecule has 0 radical (unpaired) electrons. The Morgan fingerprint density at radius 3 is 1.96 bits per heavy atom. The fourth-order valence-electron chi connectivity index (χ4n) is 2.39. The number of carbonyl (C=O) groups is 2. The van der Waals surface area contributed by atoms with E-state index in [4.69, 9.17) is 14.2 Å². The van der Waals surface area contributed by atoms with Crippen LogP contribution in [-0.4, -0.2) is 32.7 Å². The molecule has 1 N–H and O–H groups in total. The van der Waals surface area contributed by atoms with E-state index in [0.717, 1.165) is 0 Å². The predicted molar refractivity (Wildman–Crippen MR) is 104 cm³/mol. The monoisotopic (exact) mass is 371 g/mol. The Labute approximate surface area is 159 Å². The van der Waals surface area contributed by atoms with Crippen LogP contribution in [0.2, 0.25) is 0 Å². The second-order valence-corrected chi connectivity index (χ2v) is 7.05. The molecule has 0 atom stereocenters. The summed E-state index contributed by atoms with van der Waals surface area (Å²) in [5.74, 6) is -0.124. The molecule has 0 aliphatic rings. The molecule has 0 spiro atoms. The van der Waals surface area contributed by atoms with Crippen molar-refractivity contribution in [3.8, 4) is 11.5 Å². The fraction of sp³-hybridized carbons (Fsp3) is 0.333. The summed E-state index contributed by atoms with van der Waals surface area (Å²) in [7, 11) is 2.98. The van der Waals surface area contributed by atoms with Gasteiger partial charge in [0, 0.05) is 11.8 Å². The van der Waals surface area contributed by atoms with Crippen LogP contribution in [0, 0.1) is 0 Å². The lowest BCUT2D eigenvalue weighted by Gasteiger charge is -2.19. The van der Waals surface area contributed by atoms with Gasteiger partial charge in [0.05, 0.1) is 19.8 Å². The second-order valence-electron chi connectivity index (χ2n) is 7.05. The van der Waals surface area contributed by atoms with E-state index in [1.165, 1.54) is 31.9 Å². The van der Waals surface area contributed by atoms with Gasteiger partial charge >= 0.3 is 5.97 Å². The highest BCUT2D eigenvalue weighted by molar-refractivity contribution is 5.95. The number of amides is 1. The smallest absolute Gasteiger partial charge is 0.338 e. The van der Waals surface area contributed by atoms with E-state index in [1.54, 1.807) is 6.07 Å². The van der Waals surface area contributed by atoms with E-state index in [-0.39, 0.29) is 17.6 Å². The van der Waals surface area contributed by atoms with Crippen molar-refractivity contribution in [1.82, 2.24) is 0 Å². The van der Waals surface area contributed by atoms with Gasteiger partial charge in [0.15, 0.2) is 6.61 Å². The number of esters is 1. The van der Waals surface area contributed by atoms with Gasteiger partial charge in [-0.15, -0.1) is 0 Å². The zero-order valence-corrected chi connectivity index (χ0v) is 16.3. The maximum absolute atomic E-state index is 12.2. The van der Waals surface area contributed by atoms with Crippen LogP contribution in [0.1, 0.15) is 36.7 Å². The van der Waals surface area contributed by atoms with E-state index in [2.05, 4.69) is 26.1 Å². The van der Waals surface area contributed by atoms with Gasteiger partial charge in [0.2, 0.25) is 0 Å². The molecular formula is C21H25NO5. The predicted octanol–water partition coefficient (Wildman–Crippen LogP) is 3.80. The number of anilines is 1. The minimum Gasteiger partial charge on any atom is -0.497 e. The van der Waals surface area contributed by atoms with Crippen molar-refractivity contribution < 1.29 is 23.8 Å². The summed E-state index contributed by atoms with van der Waals surface area (Å²) < 4.78 is 15.3. The molecular weight excluding hydrogens is 346 g/mol. The van der Waals surface area contributed by atoms with Crippen molar-refractivity contribution in [1.29, 1.82) is 0 Å². The third-order valence-corrected chi connectivity index (χ3v) is 3.96. The summed E-state index contributed by atoms with van der Waals surface area (Å²) in [6, 6.07) is 12.3. The molecule has 0 saturated carbocycles. The Bertz CT molecular complexity index is 784. The highest BCUT2D eigenvalue weighted by Gasteiger charge is 2.15. The molecule has 0 fully saturated rings. The molecule has 0 heterocycles. The largest absolute Gasteiger partial charge is 0.497 e. The van der Waals surface area contributed by atoms with Gasteiger partial charge in [-0.25, -0.2) is 4.79 Å². The van der Waals surface area contributed by atoms with Gasteiger partial charge < -0.3 is 19.5 Å². The third-order valence-electron chi connectivity index (χ3n) is 3.96. The van der Waals surface area contributed by atoms with Crippen LogP contribution in [0.25, 0.3) is 0 Å². The van der Waals surface area contributed by atoms with Gasteiger partial charge in [0.1, 0.15) is 11.5 Å². The summed E-state index contributed by atoms with van der Waals surface area (Å²) in [5, 5.41) is 2.71. The van der Waals surface area contributed by atoms with Gasteiger partial charge in [-0.1, -0.05) is 32.9 Å². The molecule has 27 heavy (non-hydrogen) atoms. The molecule has 6 heteroatoms. The topological polar surface area (TPSA) is 73.9 Å². The van der Waals surface area contributed by atoms with Crippen molar-refractivity contribution in [3.63, 3.8) is 0 Å². The number of ether oxygens (including phenoxy) is 3. The summed E-state index contributed by atoms with van der Waals surface area (Å²) in [6.07, 6.45) is 0. The molecule has 2 aromatic rings. The van der Waals surface area contributed by atoms with Crippen molar-refractivity contribution >= 4 is 17.6 Å². The highest BCUT2D eigenvalue weighted by Crippen LogP contribution is 2.24. The van der Waals surface area contributed by atoms with Crippen LogP contribution in [-0.2, 0) is 14.9 Å². The number of rotatable bonds is 6. The number of carbonyl (C=O) groups excluding carboxylic acids is 2. The molecule has 0 saturated heterocycles. The lowest BCUT2D eigenvalue weighted by atomic mass is 9.87. The number of nitrogens with one attached hydrogen (secondary N) is 1. The van der Waals surface area contributed by atoms with E-state index in [0.29, 0.717) is 17.2 Å². The quantitative estimate of drug-likeness (QED) is 0.782. The second kappa shape index (κ2) is 8.58. The van der Waals surface area contributed by atoms with Gasteiger partial charge in [-0.3, -0.25) is 4.79 Å². The van der Waals surface area contributed by atoms with E-state index in [1.807, 2.05) is 24.3 Å². The van der Waals surface area contributed by atoms with Gasteiger partial charge in [0.25, 0.3) is 5.91 Å². The van der Waals surface area contributed by atoms with E-state index in [9.17, 15) is 9.59 Å². The minimum absolute atomic E-state index is 0.0376. The van der Waals surface area contributed by atoms with Crippen LogP contribution in [0.15, 0.2) is 42.5 Å². The van der Waals surface area contributed by atoms with Crippen molar-refractivity contribution in [3.05, 3.63) is 53.6 Å². The van der Waals surface area contributed by atoms with Crippen LogP contribution in [0.4, 0.5) is 5.69 Å². The fourth-order valence-corrected chi connectivity index (χ4v) is 2.39. The minimum atomic E-state index is -0.634. The maximum Gasteiger partial charge on any atom is 0.338 e. The Hall–Kier alpha value is -3.02. The summed E-state index contributed by atoms with van der Waals surface area (Å²) in [6.45, 7) is 5.97. The van der Waals surface area contributed by atoms with Crippen molar-refractivity contribution in [2.45, 2.75) is 26.2 Å². The normalized spacial score (nSPS) is 10.9. The van der Waals surface area contributed by atoms with Crippen molar-refractivity contribution in [2.24, 2.45) is 0 Å². The zero-order valence-electron chi connectivity index (χ0n) is 16.3. The summed E-state index contributed by atoms with van der Waals surface area (Å²) in [4.78, 5) is 24.2. The molecule has 6 nitrogen and oxygen atoms in total. The third kappa shape index (κ3) is 5.74. The van der Waals surface area contributed by atoms with Gasteiger partial charge in [-0.2, -0.15) is 0 Å². The molecule has 0 aromatic heterocycles. The first-order valence-electron chi connectivity index (χ1n) is 8.53. The Morgan fingerprint density at radius 1 is 0.926 bits per heavy atom. The SMILES string of the molecule is COc1cc(OC)cc(C(=O)OCC(=O)Nc2ccc(C(C)(C)C)cc2)c1. The number of benzene rings is 2. The lowest BCUT2D eigenvalue weighted by molar-refractivity contribution is -0.119. The first-order chi connectivity index (χ1) is 12.7. The molecule has 0 aliphatic heterocycles. The van der Waals surface area contributed by atoms with E-state index < -0.39 is 11.9 Å². The average molecular weight is 371 g/mol. The van der Waals surface area contributed by atoms with Crippen molar-refractivity contribution in [2.75, 3.05) is 26.1 Å². The molecule has 0 aliphatic carbocycles. The first kappa shape index (κ1) is 20.3. The molecule has 0 unspecified atom stereocenters. The Balaban J connectivity index is 1.94. The standard InChI is InChI=1S/C21H25NO5/c1-21(2,3)15-6-8-16(9-7-15)22-19(23)13-27-20(24)14-10-17(25-4)12-18(11-14)26-5/h6-12H,13H2,1-5H3,(H,22,23). The summed E-state index contributed by atoms with van der Waals surface area (Å²) >= 11 is 0. The molecule has 1 amide bonds. The molecule has 144 valence electrons. The first-order valence-corrected chi connectivity index (χ1v) is 8.53. The number of methoxy groups -OCH3 is 2. The molecule has 2 aromatic carbocycles. The van der Waals surface area contributed by atoms with Crippen LogP contribution in [0.5, 0.6) is 11.5 Å². The number of hydrogen-bond acceptors (Lipinski definition) is 5. The summed E-state index contributed by atoms with van der Waals surface area (Å²) in [5.41, 5.74) is 2.09. The average Bonchev–Trinajstić information content (AvgIpc) is 2.65. The Kier molecular flexibility index (Phi) is 6.45. The van der Waals surface area contributed by atoms with Crippen LogP contribution in [0.3, 0.4) is 0 Å². The highest BCUT2D eigenvalue weighted by atomic mass is 16.5. The van der Waals surface area contributed by atoms with Crippen LogP contribution >= 0.6 is 0 Å².